The predicted molar refractivity (Wildman–Crippen MR) is 62.3 cm³/mol. The first-order valence-electron chi connectivity index (χ1n) is 4.68. The van der Waals surface area contributed by atoms with E-state index in [1.165, 1.54) is 0 Å². The lowest BCUT2D eigenvalue weighted by Gasteiger charge is -2.07. The van der Waals surface area contributed by atoms with Gasteiger partial charge in [-0.1, -0.05) is 25.6 Å². The van der Waals surface area contributed by atoms with Crippen molar-refractivity contribution in [1.29, 1.82) is 0 Å². The van der Waals surface area contributed by atoms with Crippen molar-refractivity contribution in [2.24, 2.45) is 0 Å². The van der Waals surface area contributed by atoms with Gasteiger partial charge in [0.2, 0.25) is 0 Å². The number of thioether (sulfide) groups is 1. The van der Waals surface area contributed by atoms with Crippen LogP contribution in [0.4, 0.5) is 0 Å². The first-order valence-corrected chi connectivity index (χ1v) is 6.20. The van der Waals surface area contributed by atoms with Crippen LogP contribution in [0.1, 0.15) is 31.2 Å². The van der Waals surface area contributed by atoms with Crippen LogP contribution in [0.3, 0.4) is 0 Å². The van der Waals surface area contributed by atoms with Crippen LogP contribution in [-0.2, 0) is 0 Å². The molecule has 1 rings (SSSR count). The Labute approximate surface area is 94.5 Å². The maximum absolute atomic E-state index is 5.62. The van der Waals surface area contributed by atoms with Crippen LogP contribution in [0.25, 0.3) is 0 Å². The van der Waals surface area contributed by atoms with E-state index in [4.69, 9.17) is 11.6 Å². The minimum absolute atomic E-state index is 0.451. The molecular formula is C10H15ClN2S. The van der Waals surface area contributed by atoms with Gasteiger partial charge >= 0.3 is 0 Å². The maximum Gasteiger partial charge on any atom is 0.188 e. The minimum atomic E-state index is 0.451. The predicted octanol–water partition coefficient (Wildman–Crippen LogP) is 3.24. The summed E-state index contributed by atoms with van der Waals surface area (Å²) >= 11 is 7.23. The highest BCUT2D eigenvalue weighted by Gasteiger charge is 2.05. The number of hydrogen-bond acceptors (Lipinski definition) is 3. The van der Waals surface area contributed by atoms with E-state index in [-0.39, 0.29) is 0 Å². The summed E-state index contributed by atoms with van der Waals surface area (Å²) in [7, 11) is 0. The second-order valence-electron chi connectivity index (χ2n) is 3.41. The summed E-state index contributed by atoms with van der Waals surface area (Å²) in [6, 6.07) is 2.04. The molecule has 0 amide bonds. The Hall–Kier alpha value is -0.280. The van der Waals surface area contributed by atoms with E-state index in [1.54, 1.807) is 11.8 Å². The van der Waals surface area contributed by atoms with Gasteiger partial charge in [0.05, 0.1) is 0 Å². The number of nitrogens with zero attached hydrogens (tertiary/aromatic N) is 2. The quantitative estimate of drug-likeness (QED) is 0.451. The lowest BCUT2D eigenvalue weighted by molar-refractivity contribution is 0.769. The summed E-state index contributed by atoms with van der Waals surface area (Å²) in [5, 5.41) is 0.842. The van der Waals surface area contributed by atoms with Crippen molar-refractivity contribution in [2.75, 3.05) is 11.6 Å². The van der Waals surface area contributed by atoms with Crippen LogP contribution < -0.4 is 0 Å². The molecule has 14 heavy (non-hydrogen) atoms. The number of alkyl halides is 1. The monoisotopic (exact) mass is 230 g/mol. The van der Waals surface area contributed by atoms with Crippen LogP contribution in [-0.4, -0.2) is 21.6 Å². The molecule has 4 heteroatoms. The van der Waals surface area contributed by atoms with Crippen molar-refractivity contribution < 1.29 is 0 Å². The molecule has 0 unspecified atom stereocenters. The van der Waals surface area contributed by atoms with Gasteiger partial charge in [-0.25, -0.2) is 9.97 Å². The Bertz CT molecular complexity index is 302. The van der Waals surface area contributed by atoms with Gasteiger partial charge in [0, 0.05) is 23.0 Å². The van der Waals surface area contributed by atoms with Crippen LogP contribution >= 0.6 is 23.4 Å². The Kier molecular flexibility index (Phi) is 4.69. The molecule has 0 aliphatic heterocycles. The highest BCUT2D eigenvalue weighted by atomic mass is 35.5. The second kappa shape index (κ2) is 5.56. The summed E-state index contributed by atoms with van der Waals surface area (Å²) < 4.78 is 0. The molecule has 0 N–H and O–H groups in total. The van der Waals surface area contributed by atoms with Gasteiger partial charge in [-0.15, -0.1) is 11.6 Å². The Morgan fingerprint density at radius 2 is 2.14 bits per heavy atom. The summed E-state index contributed by atoms with van der Waals surface area (Å²) in [6.07, 6.45) is 0. The summed E-state index contributed by atoms with van der Waals surface area (Å²) in [4.78, 5) is 8.81. The minimum Gasteiger partial charge on any atom is -0.228 e. The normalized spacial score (nSPS) is 10.9. The van der Waals surface area contributed by atoms with Crippen molar-refractivity contribution >= 4 is 23.4 Å². The number of rotatable bonds is 4. The largest absolute Gasteiger partial charge is 0.228 e. The molecule has 0 saturated carbocycles. The zero-order chi connectivity index (χ0) is 10.6. The molecule has 0 atom stereocenters. The molecular weight excluding hydrogens is 216 g/mol. The molecule has 0 radical (unpaired) electrons. The van der Waals surface area contributed by atoms with Gasteiger partial charge in [-0.3, -0.25) is 0 Å². The highest BCUT2D eigenvalue weighted by molar-refractivity contribution is 7.99. The molecule has 0 spiro atoms. The molecule has 0 fully saturated rings. The van der Waals surface area contributed by atoms with Gasteiger partial charge < -0.3 is 0 Å². The molecule has 1 aromatic heterocycles. The van der Waals surface area contributed by atoms with E-state index in [2.05, 4.69) is 23.8 Å². The molecule has 0 aliphatic rings. The molecule has 0 aromatic carbocycles. The SMILES string of the molecule is Cc1cc(C(C)C)nc(SCCCl)n1. The van der Waals surface area contributed by atoms with Gasteiger partial charge in [0.1, 0.15) is 0 Å². The topological polar surface area (TPSA) is 25.8 Å². The number of hydrogen-bond donors (Lipinski definition) is 0. The van der Waals surface area contributed by atoms with Gasteiger partial charge in [0.15, 0.2) is 5.16 Å². The molecule has 2 nitrogen and oxygen atoms in total. The van der Waals surface area contributed by atoms with Crippen molar-refractivity contribution in [1.82, 2.24) is 9.97 Å². The van der Waals surface area contributed by atoms with E-state index in [1.807, 2.05) is 13.0 Å². The fourth-order valence-corrected chi connectivity index (χ4v) is 1.92. The Morgan fingerprint density at radius 3 is 2.71 bits per heavy atom. The molecule has 78 valence electrons. The summed E-state index contributed by atoms with van der Waals surface area (Å²) in [5.74, 6) is 1.95. The van der Waals surface area contributed by atoms with Crippen LogP contribution in [0, 0.1) is 6.92 Å². The Morgan fingerprint density at radius 1 is 1.43 bits per heavy atom. The van der Waals surface area contributed by atoms with Crippen molar-refractivity contribution in [2.45, 2.75) is 31.8 Å². The lowest BCUT2D eigenvalue weighted by atomic mass is 10.1. The summed E-state index contributed by atoms with van der Waals surface area (Å²) in [6.45, 7) is 6.27. The van der Waals surface area contributed by atoms with E-state index < -0.39 is 0 Å². The van der Waals surface area contributed by atoms with E-state index in [0.29, 0.717) is 11.8 Å². The van der Waals surface area contributed by atoms with E-state index in [0.717, 1.165) is 22.3 Å². The zero-order valence-corrected chi connectivity index (χ0v) is 10.3. The highest BCUT2D eigenvalue weighted by Crippen LogP contribution is 2.18. The third kappa shape index (κ3) is 3.46. The maximum atomic E-state index is 5.62. The number of halogens is 1. The third-order valence-electron chi connectivity index (χ3n) is 1.75. The van der Waals surface area contributed by atoms with E-state index >= 15 is 0 Å². The smallest absolute Gasteiger partial charge is 0.188 e. The molecule has 1 aromatic rings. The average Bonchev–Trinajstić information content (AvgIpc) is 2.14. The van der Waals surface area contributed by atoms with Gasteiger partial charge in [-0.05, 0) is 18.9 Å². The lowest BCUT2D eigenvalue weighted by Crippen LogP contribution is -1.99. The van der Waals surface area contributed by atoms with Crippen molar-refractivity contribution in [3.63, 3.8) is 0 Å². The fraction of sp³-hybridized carbons (Fsp3) is 0.600. The van der Waals surface area contributed by atoms with Crippen LogP contribution in [0.5, 0.6) is 0 Å². The molecule has 0 aliphatic carbocycles. The van der Waals surface area contributed by atoms with Crippen LogP contribution in [0.2, 0.25) is 0 Å². The molecule has 1 heterocycles. The van der Waals surface area contributed by atoms with Gasteiger partial charge in [-0.2, -0.15) is 0 Å². The Balaban J connectivity index is 2.84. The zero-order valence-electron chi connectivity index (χ0n) is 8.75. The summed E-state index contributed by atoms with van der Waals surface area (Å²) in [5.41, 5.74) is 2.13. The first-order chi connectivity index (χ1) is 6.63. The van der Waals surface area contributed by atoms with Crippen molar-refractivity contribution in [3.8, 4) is 0 Å². The number of aryl methyl sites for hydroxylation is 1. The average molecular weight is 231 g/mol. The van der Waals surface area contributed by atoms with Crippen LogP contribution in [0.15, 0.2) is 11.2 Å². The second-order valence-corrected chi connectivity index (χ2v) is 4.85. The fourth-order valence-electron chi connectivity index (χ4n) is 1.06. The van der Waals surface area contributed by atoms with E-state index in [9.17, 15) is 0 Å². The molecule has 0 bridgehead atoms. The standard InChI is InChI=1S/C10H15ClN2S/c1-7(2)9-6-8(3)12-10(13-9)14-5-4-11/h6-7H,4-5H2,1-3H3. The van der Waals surface area contributed by atoms with Gasteiger partial charge in [0.25, 0.3) is 0 Å². The number of aromatic nitrogens is 2. The third-order valence-corrected chi connectivity index (χ3v) is 3.02. The molecule has 0 saturated heterocycles. The first kappa shape index (κ1) is 11.8. The van der Waals surface area contributed by atoms with Crippen molar-refractivity contribution in [3.05, 3.63) is 17.5 Å².